The van der Waals surface area contributed by atoms with E-state index in [0.29, 0.717) is 11.1 Å². The van der Waals surface area contributed by atoms with E-state index in [1.807, 2.05) is 24.3 Å². The van der Waals surface area contributed by atoms with Gasteiger partial charge in [-0.25, -0.2) is 8.42 Å². The summed E-state index contributed by atoms with van der Waals surface area (Å²) in [5, 5.41) is 11.7. The van der Waals surface area contributed by atoms with Crippen LogP contribution in [0.3, 0.4) is 0 Å². The Morgan fingerprint density at radius 2 is 1.83 bits per heavy atom. The van der Waals surface area contributed by atoms with E-state index in [2.05, 4.69) is 22.3 Å². The second-order valence-electron chi connectivity index (χ2n) is 7.47. The zero-order valence-electron chi connectivity index (χ0n) is 16.3. The second-order valence-corrected chi connectivity index (χ2v) is 9.53. The van der Waals surface area contributed by atoms with Crippen molar-refractivity contribution in [2.45, 2.75) is 31.2 Å². The van der Waals surface area contributed by atoms with Crippen molar-refractivity contribution in [1.82, 2.24) is 10.2 Å². The minimum atomic E-state index is -3.57. The number of nitriles is 1. The molecule has 1 aliphatic heterocycles. The summed E-state index contributed by atoms with van der Waals surface area (Å²) in [5.41, 5.74) is 2.27. The average molecular weight is 412 g/mol. The lowest BCUT2D eigenvalue weighted by molar-refractivity contribution is -0.119. The van der Waals surface area contributed by atoms with E-state index < -0.39 is 21.5 Å². The van der Waals surface area contributed by atoms with Gasteiger partial charge in [0.1, 0.15) is 5.75 Å². The largest absolute Gasteiger partial charge is 0.351 e. The van der Waals surface area contributed by atoms with E-state index in [1.165, 1.54) is 5.56 Å². The molecule has 0 aromatic heterocycles. The number of likely N-dealkylation sites (tertiary alicyclic amines) is 1. The lowest BCUT2D eigenvalue weighted by atomic mass is 10.0. The van der Waals surface area contributed by atoms with E-state index in [0.717, 1.165) is 32.5 Å². The molecule has 6 nitrogen and oxygen atoms in total. The second kappa shape index (κ2) is 9.68. The Kier molecular flexibility index (Phi) is 7.02. The predicted octanol–water partition coefficient (Wildman–Crippen LogP) is 2.25. The number of nitrogens with zero attached hydrogens (tertiary/aromatic N) is 2. The van der Waals surface area contributed by atoms with Crippen molar-refractivity contribution in [1.29, 1.82) is 5.26 Å². The average Bonchev–Trinajstić information content (AvgIpc) is 2.69. The van der Waals surface area contributed by atoms with Crippen LogP contribution >= 0.6 is 0 Å². The van der Waals surface area contributed by atoms with E-state index >= 15 is 0 Å². The molecule has 1 aliphatic rings. The zero-order chi connectivity index (χ0) is 20.7. The molecule has 7 heteroatoms. The fourth-order valence-corrected chi connectivity index (χ4v) is 4.89. The molecule has 152 valence electrons. The normalized spacial score (nSPS) is 17.4. The Balaban J connectivity index is 1.50. The van der Waals surface area contributed by atoms with Crippen molar-refractivity contribution in [2.75, 3.05) is 18.8 Å². The summed E-state index contributed by atoms with van der Waals surface area (Å²) in [6, 6.07) is 18.5. The van der Waals surface area contributed by atoms with Gasteiger partial charge in [-0.1, -0.05) is 42.5 Å². The maximum Gasteiger partial charge on any atom is 0.235 e. The molecule has 0 bridgehead atoms. The van der Waals surface area contributed by atoms with Crippen molar-refractivity contribution in [3.8, 4) is 6.07 Å². The van der Waals surface area contributed by atoms with Gasteiger partial charge in [0.15, 0.2) is 9.84 Å². The highest BCUT2D eigenvalue weighted by Crippen LogP contribution is 2.14. The molecular weight excluding hydrogens is 386 g/mol. The maximum atomic E-state index is 12.4. The summed E-state index contributed by atoms with van der Waals surface area (Å²) in [4.78, 5) is 14.6. The molecule has 0 saturated carbocycles. The number of hydrogen-bond donors (Lipinski definition) is 1. The van der Waals surface area contributed by atoms with Gasteiger partial charge in [0.05, 0.1) is 17.4 Å². The van der Waals surface area contributed by atoms with Crippen LogP contribution in [0.15, 0.2) is 54.6 Å². The lowest BCUT2D eigenvalue weighted by Gasteiger charge is -2.33. The number of nitrogens with one attached hydrogen (secondary N) is 1. The number of benzene rings is 2. The van der Waals surface area contributed by atoms with Gasteiger partial charge >= 0.3 is 0 Å². The summed E-state index contributed by atoms with van der Waals surface area (Å²) < 4.78 is 24.8. The summed E-state index contributed by atoms with van der Waals surface area (Å²) in [6.45, 7) is 2.51. The van der Waals surface area contributed by atoms with Gasteiger partial charge in [-0.15, -0.1) is 0 Å². The number of piperidine rings is 1. The fraction of sp³-hybridized carbons (Fsp3) is 0.364. The van der Waals surface area contributed by atoms with Crippen LogP contribution in [0.5, 0.6) is 0 Å². The Labute approximate surface area is 172 Å². The van der Waals surface area contributed by atoms with E-state index in [9.17, 15) is 13.2 Å². The van der Waals surface area contributed by atoms with E-state index in [4.69, 9.17) is 5.26 Å². The molecule has 1 N–H and O–H groups in total. The number of rotatable bonds is 7. The van der Waals surface area contributed by atoms with Crippen molar-refractivity contribution < 1.29 is 13.2 Å². The third-order valence-electron chi connectivity index (χ3n) is 4.94. The third kappa shape index (κ3) is 6.70. The first kappa shape index (κ1) is 21.0. The van der Waals surface area contributed by atoms with Crippen LogP contribution in [0.25, 0.3) is 0 Å². The molecule has 1 atom stereocenters. The van der Waals surface area contributed by atoms with Crippen LogP contribution in [0.1, 0.15) is 29.5 Å². The topological polar surface area (TPSA) is 90.3 Å². The van der Waals surface area contributed by atoms with Crippen molar-refractivity contribution in [3.63, 3.8) is 0 Å². The van der Waals surface area contributed by atoms with Gasteiger partial charge < -0.3 is 5.32 Å². The lowest BCUT2D eigenvalue weighted by Crippen LogP contribution is -2.48. The molecule has 1 fully saturated rings. The van der Waals surface area contributed by atoms with Gasteiger partial charge in [0.2, 0.25) is 5.91 Å². The Morgan fingerprint density at radius 1 is 1.10 bits per heavy atom. The SMILES string of the molecule is N#Cc1ccc(CS(=O)(=O)CC(=O)NC2CCCN(Cc3ccccc3)C2)cc1. The van der Waals surface area contributed by atoms with Gasteiger partial charge in [0.25, 0.3) is 0 Å². The minimum absolute atomic E-state index is 0.0370. The van der Waals surface area contributed by atoms with Crippen LogP contribution in [0, 0.1) is 11.3 Å². The molecule has 0 aliphatic carbocycles. The number of hydrogen-bond acceptors (Lipinski definition) is 5. The van der Waals surface area contributed by atoms with Gasteiger partial charge in [-0.05, 0) is 42.6 Å². The number of amides is 1. The molecule has 2 aromatic carbocycles. The van der Waals surface area contributed by atoms with Crippen LogP contribution in [-0.4, -0.2) is 44.1 Å². The first-order chi connectivity index (χ1) is 13.9. The molecule has 1 saturated heterocycles. The Hall–Kier alpha value is -2.69. The molecule has 3 rings (SSSR count). The highest BCUT2D eigenvalue weighted by Gasteiger charge is 2.24. The standard InChI is InChI=1S/C22H25N3O3S/c23-13-18-8-10-20(11-9-18)16-29(27,28)17-22(26)24-21-7-4-12-25(15-21)14-19-5-2-1-3-6-19/h1-3,5-6,8-11,21H,4,7,12,14-17H2,(H,24,26). The van der Waals surface area contributed by atoms with Crippen molar-refractivity contribution in [3.05, 3.63) is 71.3 Å². The van der Waals surface area contributed by atoms with Crippen LogP contribution in [0.4, 0.5) is 0 Å². The molecular formula is C22H25N3O3S. The monoisotopic (exact) mass is 411 g/mol. The summed E-state index contributed by atoms with van der Waals surface area (Å²) in [6.07, 6.45) is 1.82. The van der Waals surface area contributed by atoms with E-state index in [1.54, 1.807) is 24.3 Å². The quantitative estimate of drug-likeness (QED) is 0.755. The van der Waals surface area contributed by atoms with Gasteiger partial charge in [0, 0.05) is 19.1 Å². The van der Waals surface area contributed by atoms with Crippen LogP contribution in [-0.2, 0) is 26.9 Å². The molecule has 29 heavy (non-hydrogen) atoms. The summed E-state index contributed by atoms with van der Waals surface area (Å²) in [7, 11) is -3.57. The number of sulfone groups is 1. The molecule has 1 amide bonds. The highest BCUT2D eigenvalue weighted by atomic mass is 32.2. The third-order valence-corrected chi connectivity index (χ3v) is 6.42. The Morgan fingerprint density at radius 3 is 2.52 bits per heavy atom. The fourth-order valence-electron chi connectivity index (χ4n) is 3.61. The van der Waals surface area contributed by atoms with E-state index in [-0.39, 0.29) is 11.8 Å². The zero-order valence-corrected chi connectivity index (χ0v) is 17.1. The summed E-state index contributed by atoms with van der Waals surface area (Å²) in [5.74, 6) is -1.19. The van der Waals surface area contributed by atoms with Crippen LogP contribution in [0.2, 0.25) is 0 Å². The molecule has 2 aromatic rings. The number of carbonyl (C=O) groups excluding carboxylic acids is 1. The predicted molar refractivity (Wildman–Crippen MR) is 112 cm³/mol. The smallest absolute Gasteiger partial charge is 0.235 e. The minimum Gasteiger partial charge on any atom is -0.351 e. The highest BCUT2D eigenvalue weighted by molar-refractivity contribution is 7.91. The van der Waals surface area contributed by atoms with Crippen LogP contribution < -0.4 is 5.32 Å². The Bertz CT molecular complexity index is 967. The maximum absolute atomic E-state index is 12.4. The molecule has 0 spiro atoms. The number of carbonyl (C=O) groups is 1. The molecule has 1 unspecified atom stereocenters. The van der Waals surface area contributed by atoms with Crippen molar-refractivity contribution in [2.24, 2.45) is 0 Å². The summed E-state index contributed by atoms with van der Waals surface area (Å²) >= 11 is 0. The first-order valence-electron chi connectivity index (χ1n) is 9.68. The first-order valence-corrected chi connectivity index (χ1v) is 11.5. The van der Waals surface area contributed by atoms with Gasteiger partial charge in [-0.3, -0.25) is 9.69 Å². The molecule has 0 radical (unpaired) electrons. The molecule has 1 heterocycles. The van der Waals surface area contributed by atoms with Gasteiger partial charge in [-0.2, -0.15) is 5.26 Å². The van der Waals surface area contributed by atoms with Crippen molar-refractivity contribution >= 4 is 15.7 Å².